The van der Waals surface area contributed by atoms with E-state index in [0.717, 1.165) is 25.1 Å². The van der Waals surface area contributed by atoms with E-state index in [9.17, 15) is 19.5 Å². The second kappa shape index (κ2) is 14.2. The highest BCUT2D eigenvalue weighted by molar-refractivity contribution is 5.99. The quantitative estimate of drug-likeness (QED) is 0.299. The molecule has 0 radical (unpaired) electrons. The van der Waals surface area contributed by atoms with E-state index in [0.29, 0.717) is 65.2 Å². The highest BCUT2D eigenvalue weighted by Gasteiger charge is 2.78. The van der Waals surface area contributed by atoms with Gasteiger partial charge in [-0.3, -0.25) is 19.3 Å². The number of hydrogen-bond acceptors (Lipinski definition) is 7. The lowest BCUT2D eigenvalue weighted by atomic mass is 9.66. The average Bonchev–Trinajstić information content (AvgIpc) is 3.62. The van der Waals surface area contributed by atoms with Gasteiger partial charge in [0.15, 0.2) is 0 Å². The summed E-state index contributed by atoms with van der Waals surface area (Å²) >= 11 is 0. The van der Waals surface area contributed by atoms with Crippen molar-refractivity contribution in [2.75, 3.05) is 65.6 Å². The van der Waals surface area contributed by atoms with Gasteiger partial charge in [0.05, 0.1) is 43.3 Å². The van der Waals surface area contributed by atoms with Gasteiger partial charge in [0.2, 0.25) is 17.7 Å². The van der Waals surface area contributed by atoms with Gasteiger partial charge in [-0.05, 0) is 38.2 Å². The Morgan fingerprint density at radius 2 is 1.73 bits per heavy atom. The van der Waals surface area contributed by atoms with Crippen LogP contribution in [-0.2, 0) is 30.3 Å². The lowest BCUT2D eigenvalue weighted by Gasteiger charge is -2.40. The summed E-state index contributed by atoms with van der Waals surface area (Å²) in [6, 6.07) is 8.04. The lowest BCUT2D eigenvalue weighted by molar-refractivity contribution is -0.156. The molecule has 4 saturated heterocycles. The van der Waals surface area contributed by atoms with E-state index in [2.05, 4.69) is 18.1 Å². The van der Waals surface area contributed by atoms with Crippen molar-refractivity contribution in [2.45, 2.75) is 62.8 Å². The second-order valence-corrected chi connectivity index (χ2v) is 13.1. The van der Waals surface area contributed by atoms with Gasteiger partial charge in [0.1, 0.15) is 11.6 Å². The Balaban J connectivity index is 1.54. The molecule has 0 aliphatic carbocycles. The number of aliphatic hydroxyl groups is 1. The summed E-state index contributed by atoms with van der Waals surface area (Å²) in [7, 11) is 0. The molecule has 2 bridgehead atoms. The molecule has 0 aromatic heterocycles. The van der Waals surface area contributed by atoms with Crippen LogP contribution in [0.4, 0.5) is 0 Å². The Kier molecular flexibility index (Phi) is 10.5. The maximum absolute atomic E-state index is 14.9. The number of carbonyl (C=O) groups is 3. The largest absolute Gasteiger partial charge is 0.394 e. The van der Waals surface area contributed by atoms with E-state index >= 15 is 0 Å². The molecule has 4 heterocycles. The fraction of sp³-hybridized carbons (Fsp3) is 0.629. The molecule has 4 aliphatic heterocycles. The third-order valence-corrected chi connectivity index (χ3v) is 10.2. The van der Waals surface area contributed by atoms with E-state index in [1.807, 2.05) is 44.2 Å². The second-order valence-electron chi connectivity index (χ2n) is 13.1. The van der Waals surface area contributed by atoms with Crippen molar-refractivity contribution in [2.24, 2.45) is 11.8 Å². The first-order valence-electron chi connectivity index (χ1n) is 16.5. The smallest absolute Gasteiger partial charge is 0.248 e. The van der Waals surface area contributed by atoms with Crippen LogP contribution in [0.3, 0.4) is 0 Å². The van der Waals surface area contributed by atoms with E-state index < -0.39 is 35.1 Å². The van der Waals surface area contributed by atoms with Crippen LogP contribution in [-0.4, -0.2) is 131 Å². The number of ether oxygens (including phenoxy) is 2. The molecule has 4 aliphatic rings. The standard InChI is InChI=1S/C35H50N4O6/c1-5-15-37(16-6-2)31(41)28-29-32(42)39(27(25-40)24-26-11-9-8-10-12-26)30(35(29)14-13-34(28,4)45-35)33(43)38(17-7-3)19-18-36-20-22-44-23-21-36/h5,7-12,27-30,40H,1,3,6,13-25H2,2,4H3/t27-,28-,29+,30?,34+,35?/m1/s1. The molecule has 1 aromatic rings. The van der Waals surface area contributed by atoms with Crippen LogP contribution in [0, 0.1) is 11.8 Å². The number of rotatable bonds is 15. The number of nitrogens with zero attached hydrogens (tertiary/aromatic N) is 4. The molecule has 1 aromatic carbocycles. The first-order chi connectivity index (χ1) is 21.7. The first kappa shape index (κ1) is 33.3. The monoisotopic (exact) mass is 622 g/mol. The van der Waals surface area contributed by atoms with Crippen molar-refractivity contribution in [1.29, 1.82) is 0 Å². The third-order valence-electron chi connectivity index (χ3n) is 10.2. The van der Waals surface area contributed by atoms with Crippen molar-refractivity contribution in [1.82, 2.24) is 19.6 Å². The number of morpholine rings is 1. The molecular weight excluding hydrogens is 572 g/mol. The minimum Gasteiger partial charge on any atom is -0.394 e. The minimum atomic E-state index is -1.17. The van der Waals surface area contributed by atoms with Gasteiger partial charge in [-0.15, -0.1) is 13.2 Å². The van der Waals surface area contributed by atoms with Crippen LogP contribution in [0.15, 0.2) is 55.6 Å². The summed E-state index contributed by atoms with van der Waals surface area (Å²) in [5.74, 6) is -2.20. The van der Waals surface area contributed by atoms with Crippen molar-refractivity contribution >= 4 is 17.7 Å². The summed E-state index contributed by atoms with van der Waals surface area (Å²) in [4.78, 5) is 51.3. The van der Waals surface area contributed by atoms with Crippen LogP contribution < -0.4 is 0 Å². The summed E-state index contributed by atoms with van der Waals surface area (Å²) in [5.41, 5.74) is -1.09. The molecule has 1 N–H and O–H groups in total. The van der Waals surface area contributed by atoms with Crippen LogP contribution >= 0.6 is 0 Å². The predicted molar refractivity (Wildman–Crippen MR) is 171 cm³/mol. The number of hydrogen-bond donors (Lipinski definition) is 1. The van der Waals surface area contributed by atoms with Crippen LogP contribution in [0.25, 0.3) is 0 Å². The molecular formula is C35H50N4O6. The molecule has 1 spiro atoms. The Morgan fingerprint density at radius 3 is 2.36 bits per heavy atom. The number of fused-ring (bicyclic) bond motifs is 1. The zero-order chi connectivity index (χ0) is 32.2. The average molecular weight is 623 g/mol. The molecule has 3 amide bonds. The fourth-order valence-corrected chi connectivity index (χ4v) is 8.17. The van der Waals surface area contributed by atoms with Gasteiger partial charge in [-0.25, -0.2) is 0 Å². The van der Waals surface area contributed by atoms with Crippen molar-refractivity contribution < 1.29 is 29.0 Å². The third kappa shape index (κ3) is 6.22. The maximum Gasteiger partial charge on any atom is 0.248 e. The fourth-order valence-electron chi connectivity index (χ4n) is 8.17. The zero-order valence-corrected chi connectivity index (χ0v) is 26.9. The summed E-state index contributed by atoms with van der Waals surface area (Å²) in [5, 5.41) is 10.8. The SMILES string of the molecule is C=CCN(CCN1CCOCC1)C(=O)C1N([C@@H](CO)Cc2ccccc2)C(=O)[C@@H]2[C@H](C(=O)N(CC=C)CCC)[C@]3(C)CCC12O3. The molecule has 5 rings (SSSR count). The van der Waals surface area contributed by atoms with Crippen LogP contribution in [0.2, 0.25) is 0 Å². The predicted octanol–water partition coefficient (Wildman–Crippen LogP) is 2.13. The Hall–Kier alpha value is -3.05. The lowest BCUT2D eigenvalue weighted by Crippen LogP contribution is -2.60. The van der Waals surface area contributed by atoms with E-state index in [4.69, 9.17) is 9.47 Å². The van der Waals surface area contributed by atoms with Crippen molar-refractivity contribution in [3.63, 3.8) is 0 Å². The Labute approximate surface area is 267 Å². The summed E-state index contributed by atoms with van der Waals surface area (Å²) in [6.45, 7) is 16.6. The van der Waals surface area contributed by atoms with Gasteiger partial charge in [-0.1, -0.05) is 49.4 Å². The van der Waals surface area contributed by atoms with Gasteiger partial charge in [0.25, 0.3) is 0 Å². The van der Waals surface area contributed by atoms with Gasteiger partial charge >= 0.3 is 0 Å². The molecule has 6 atom stereocenters. The normalized spacial score (nSPS) is 29.8. The zero-order valence-electron chi connectivity index (χ0n) is 26.9. The summed E-state index contributed by atoms with van der Waals surface area (Å²) < 4.78 is 12.4. The molecule has 0 saturated carbocycles. The molecule has 45 heavy (non-hydrogen) atoms. The van der Waals surface area contributed by atoms with Crippen molar-refractivity contribution in [3.8, 4) is 0 Å². The molecule has 2 unspecified atom stereocenters. The molecule has 10 nitrogen and oxygen atoms in total. The van der Waals surface area contributed by atoms with E-state index in [1.165, 1.54) is 0 Å². The number of benzene rings is 1. The van der Waals surface area contributed by atoms with E-state index in [-0.39, 0.29) is 24.3 Å². The van der Waals surface area contributed by atoms with Crippen LogP contribution in [0.1, 0.15) is 38.7 Å². The highest BCUT2D eigenvalue weighted by atomic mass is 16.5. The highest BCUT2D eigenvalue weighted by Crippen LogP contribution is 2.64. The Bertz CT molecular complexity index is 1240. The van der Waals surface area contributed by atoms with Gasteiger partial charge in [0, 0.05) is 45.8 Å². The maximum atomic E-state index is 14.9. The van der Waals surface area contributed by atoms with Gasteiger partial charge in [-0.2, -0.15) is 0 Å². The van der Waals surface area contributed by atoms with Crippen LogP contribution in [0.5, 0.6) is 0 Å². The molecule has 10 heteroatoms. The molecule has 4 fully saturated rings. The van der Waals surface area contributed by atoms with Crippen molar-refractivity contribution in [3.05, 3.63) is 61.2 Å². The van der Waals surface area contributed by atoms with Gasteiger partial charge < -0.3 is 29.3 Å². The number of amides is 3. The number of aliphatic hydroxyl groups excluding tert-OH is 1. The first-order valence-corrected chi connectivity index (χ1v) is 16.5. The van der Waals surface area contributed by atoms with E-state index in [1.54, 1.807) is 26.9 Å². The Morgan fingerprint density at radius 1 is 1.07 bits per heavy atom. The number of carbonyl (C=O) groups excluding carboxylic acids is 3. The topological polar surface area (TPSA) is 103 Å². The minimum absolute atomic E-state index is 0.133. The number of likely N-dealkylation sites (tertiary alicyclic amines) is 1. The summed E-state index contributed by atoms with van der Waals surface area (Å²) in [6.07, 6.45) is 5.61. The molecule has 246 valence electrons.